The fourth-order valence-corrected chi connectivity index (χ4v) is 2.25. The molecule has 0 spiro atoms. The first-order valence-corrected chi connectivity index (χ1v) is 7.67. The van der Waals surface area contributed by atoms with Gasteiger partial charge in [-0.15, -0.1) is 0 Å². The zero-order valence-electron chi connectivity index (χ0n) is 11.4. The van der Waals surface area contributed by atoms with Gasteiger partial charge in [-0.25, -0.2) is 0 Å². The lowest BCUT2D eigenvalue weighted by molar-refractivity contribution is 0.294. The van der Waals surface area contributed by atoms with Gasteiger partial charge in [0.05, 0.1) is 6.61 Å². The summed E-state index contributed by atoms with van der Waals surface area (Å²) in [6, 6.07) is 8.64. The lowest BCUT2D eigenvalue weighted by Gasteiger charge is -2.16. The van der Waals surface area contributed by atoms with E-state index in [1.54, 1.807) is 0 Å². The lowest BCUT2D eigenvalue weighted by Crippen LogP contribution is -2.29. The third-order valence-corrected chi connectivity index (χ3v) is 3.43. The Morgan fingerprint density at radius 2 is 2.17 bits per heavy atom. The molecule has 1 aromatic carbocycles. The Morgan fingerprint density at radius 1 is 1.33 bits per heavy atom. The predicted octanol–water partition coefficient (Wildman–Crippen LogP) is 4.39. The topological polar surface area (TPSA) is 21.3 Å². The SMILES string of the molecule is CCCNC(CC)CCCOc1cccc(Br)c1. The molecule has 0 aliphatic heterocycles. The molecule has 0 saturated heterocycles. The maximum absolute atomic E-state index is 5.73. The van der Waals surface area contributed by atoms with Gasteiger partial charge >= 0.3 is 0 Å². The second kappa shape index (κ2) is 9.40. The quantitative estimate of drug-likeness (QED) is 0.683. The summed E-state index contributed by atoms with van der Waals surface area (Å²) in [5, 5.41) is 3.56. The number of halogens is 1. The lowest BCUT2D eigenvalue weighted by atomic mass is 10.1. The maximum Gasteiger partial charge on any atom is 0.120 e. The van der Waals surface area contributed by atoms with Crippen LogP contribution >= 0.6 is 15.9 Å². The molecule has 1 rings (SSSR count). The molecule has 0 aromatic heterocycles. The van der Waals surface area contributed by atoms with E-state index in [-0.39, 0.29) is 0 Å². The number of rotatable bonds is 9. The predicted molar refractivity (Wildman–Crippen MR) is 81.2 cm³/mol. The van der Waals surface area contributed by atoms with Gasteiger partial charge in [-0.2, -0.15) is 0 Å². The summed E-state index contributed by atoms with van der Waals surface area (Å²) in [7, 11) is 0. The number of hydrogen-bond donors (Lipinski definition) is 1. The second-order valence-electron chi connectivity index (χ2n) is 4.51. The van der Waals surface area contributed by atoms with E-state index in [0.29, 0.717) is 6.04 Å². The highest BCUT2D eigenvalue weighted by atomic mass is 79.9. The van der Waals surface area contributed by atoms with Crippen LogP contribution in [0.4, 0.5) is 0 Å². The summed E-state index contributed by atoms with van der Waals surface area (Å²) >= 11 is 3.44. The van der Waals surface area contributed by atoms with Crippen molar-refractivity contribution in [2.24, 2.45) is 0 Å². The summed E-state index contributed by atoms with van der Waals surface area (Å²) in [4.78, 5) is 0. The van der Waals surface area contributed by atoms with Gasteiger partial charge in [-0.1, -0.05) is 35.8 Å². The molecular formula is C15H24BrNO. The van der Waals surface area contributed by atoms with Gasteiger partial charge in [0.1, 0.15) is 5.75 Å². The normalized spacial score (nSPS) is 12.4. The largest absolute Gasteiger partial charge is 0.494 e. The van der Waals surface area contributed by atoms with E-state index in [4.69, 9.17) is 4.74 Å². The van der Waals surface area contributed by atoms with E-state index in [0.717, 1.165) is 29.8 Å². The summed E-state index contributed by atoms with van der Waals surface area (Å²) in [5.74, 6) is 0.943. The molecule has 2 nitrogen and oxygen atoms in total. The summed E-state index contributed by atoms with van der Waals surface area (Å²) in [6.07, 6.45) is 4.67. The molecule has 0 fully saturated rings. The molecule has 0 saturated carbocycles. The molecule has 1 aromatic rings. The minimum absolute atomic E-state index is 0.635. The van der Waals surface area contributed by atoms with Gasteiger partial charge in [0.15, 0.2) is 0 Å². The van der Waals surface area contributed by atoms with Gasteiger partial charge in [0.2, 0.25) is 0 Å². The maximum atomic E-state index is 5.73. The van der Waals surface area contributed by atoms with Crippen LogP contribution in [0.25, 0.3) is 0 Å². The van der Waals surface area contributed by atoms with Crippen LogP contribution in [0, 0.1) is 0 Å². The first-order chi connectivity index (χ1) is 8.76. The van der Waals surface area contributed by atoms with Crippen LogP contribution in [0.2, 0.25) is 0 Å². The van der Waals surface area contributed by atoms with E-state index in [2.05, 4.69) is 35.1 Å². The van der Waals surface area contributed by atoms with Crippen molar-refractivity contribution in [2.45, 2.75) is 45.6 Å². The summed E-state index contributed by atoms with van der Waals surface area (Å²) < 4.78 is 6.79. The van der Waals surface area contributed by atoms with Crippen molar-refractivity contribution in [1.29, 1.82) is 0 Å². The Hall–Kier alpha value is -0.540. The molecule has 102 valence electrons. The van der Waals surface area contributed by atoms with Crippen LogP contribution in [0.5, 0.6) is 5.75 Å². The highest BCUT2D eigenvalue weighted by molar-refractivity contribution is 9.10. The van der Waals surface area contributed by atoms with Crippen molar-refractivity contribution >= 4 is 15.9 Å². The average molecular weight is 314 g/mol. The monoisotopic (exact) mass is 313 g/mol. The van der Waals surface area contributed by atoms with Crippen molar-refractivity contribution in [3.8, 4) is 5.75 Å². The summed E-state index contributed by atoms with van der Waals surface area (Å²) in [5.41, 5.74) is 0. The van der Waals surface area contributed by atoms with Crippen LogP contribution < -0.4 is 10.1 Å². The van der Waals surface area contributed by atoms with Gasteiger partial charge in [-0.05, 0) is 50.4 Å². The molecule has 3 heteroatoms. The highest BCUT2D eigenvalue weighted by Gasteiger charge is 2.04. The third kappa shape index (κ3) is 6.41. The smallest absolute Gasteiger partial charge is 0.120 e. The standard InChI is InChI=1S/C15H24BrNO/c1-3-10-17-14(4-2)8-6-11-18-15-9-5-7-13(16)12-15/h5,7,9,12,14,17H,3-4,6,8,10-11H2,1-2H3. The zero-order chi connectivity index (χ0) is 13.2. The Balaban J connectivity index is 2.17. The van der Waals surface area contributed by atoms with Gasteiger partial charge < -0.3 is 10.1 Å². The first kappa shape index (κ1) is 15.5. The van der Waals surface area contributed by atoms with E-state index < -0.39 is 0 Å². The number of ether oxygens (including phenoxy) is 1. The molecule has 0 heterocycles. The van der Waals surface area contributed by atoms with Crippen LogP contribution in [0.15, 0.2) is 28.7 Å². The molecule has 0 aliphatic carbocycles. The molecule has 0 amide bonds. The fourth-order valence-electron chi connectivity index (χ4n) is 1.88. The highest BCUT2D eigenvalue weighted by Crippen LogP contribution is 2.18. The molecule has 1 unspecified atom stereocenters. The summed E-state index contributed by atoms with van der Waals surface area (Å²) in [6.45, 7) is 6.35. The Morgan fingerprint density at radius 3 is 2.83 bits per heavy atom. The number of nitrogens with one attached hydrogen (secondary N) is 1. The minimum atomic E-state index is 0.635. The molecule has 1 atom stereocenters. The third-order valence-electron chi connectivity index (χ3n) is 2.94. The van der Waals surface area contributed by atoms with E-state index in [1.165, 1.54) is 19.3 Å². The molecule has 18 heavy (non-hydrogen) atoms. The first-order valence-electron chi connectivity index (χ1n) is 6.88. The molecule has 0 radical (unpaired) electrons. The van der Waals surface area contributed by atoms with Gasteiger partial charge in [0, 0.05) is 10.5 Å². The Kier molecular flexibility index (Phi) is 8.10. The van der Waals surface area contributed by atoms with Crippen LogP contribution in [-0.2, 0) is 0 Å². The fraction of sp³-hybridized carbons (Fsp3) is 0.600. The average Bonchev–Trinajstić information content (AvgIpc) is 2.38. The second-order valence-corrected chi connectivity index (χ2v) is 5.42. The van der Waals surface area contributed by atoms with Crippen molar-refractivity contribution in [3.63, 3.8) is 0 Å². The van der Waals surface area contributed by atoms with Crippen molar-refractivity contribution < 1.29 is 4.74 Å². The van der Waals surface area contributed by atoms with Gasteiger partial charge in [-0.3, -0.25) is 0 Å². The van der Waals surface area contributed by atoms with E-state index in [1.807, 2.05) is 24.3 Å². The molecule has 1 N–H and O–H groups in total. The molecule has 0 aliphatic rings. The van der Waals surface area contributed by atoms with Gasteiger partial charge in [0.25, 0.3) is 0 Å². The minimum Gasteiger partial charge on any atom is -0.494 e. The van der Waals surface area contributed by atoms with Crippen molar-refractivity contribution in [1.82, 2.24) is 5.32 Å². The van der Waals surface area contributed by atoms with Crippen molar-refractivity contribution in [3.05, 3.63) is 28.7 Å². The number of benzene rings is 1. The van der Waals surface area contributed by atoms with Crippen LogP contribution in [-0.4, -0.2) is 19.2 Å². The Bertz CT molecular complexity index is 330. The van der Waals surface area contributed by atoms with Crippen LogP contribution in [0.3, 0.4) is 0 Å². The number of hydrogen-bond acceptors (Lipinski definition) is 2. The van der Waals surface area contributed by atoms with Crippen LogP contribution in [0.1, 0.15) is 39.5 Å². The van der Waals surface area contributed by atoms with E-state index in [9.17, 15) is 0 Å². The Labute approximate surface area is 119 Å². The van der Waals surface area contributed by atoms with E-state index >= 15 is 0 Å². The van der Waals surface area contributed by atoms with Crippen molar-refractivity contribution in [2.75, 3.05) is 13.2 Å². The molecular weight excluding hydrogens is 290 g/mol. The molecule has 0 bridgehead atoms. The zero-order valence-corrected chi connectivity index (χ0v) is 13.0.